The lowest BCUT2D eigenvalue weighted by Crippen LogP contribution is -2.34. The normalized spacial score (nSPS) is 44.6. The number of hydrogen-bond acceptors (Lipinski definition) is 0. The van der Waals surface area contributed by atoms with Gasteiger partial charge >= 0.3 is 0 Å². The highest BCUT2D eigenvalue weighted by Crippen LogP contribution is 2.49. The van der Waals surface area contributed by atoms with Gasteiger partial charge in [-0.3, -0.25) is 0 Å². The van der Waals surface area contributed by atoms with Crippen LogP contribution < -0.4 is 0 Å². The van der Waals surface area contributed by atoms with Gasteiger partial charge in [0.15, 0.2) is 0 Å². The number of rotatable bonds is 0. The first-order chi connectivity index (χ1) is 2.97. The quantitative estimate of drug-likeness (QED) is 0.399. The van der Waals surface area contributed by atoms with Crippen molar-refractivity contribution in [3.8, 4) is 0 Å². The Morgan fingerprint density at radius 3 is 1.00 bits per heavy atom. The second kappa shape index (κ2) is 1.62. The largest absolute Gasteiger partial charge is 0.0499 e. The van der Waals surface area contributed by atoms with Gasteiger partial charge in [-0.25, -0.2) is 0 Å². The van der Waals surface area contributed by atoms with Crippen molar-refractivity contribution in [1.29, 1.82) is 0 Å². The van der Waals surface area contributed by atoms with Gasteiger partial charge in [-0.15, -0.1) is 0 Å². The van der Waals surface area contributed by atoms with Crippen molar-refractivity contribution in [1.82, 2.24) is 0 Å². The van der Waals surface area contributed by atoms with Crippen LogP contribution in [0.25, 0.3) is 0 Å². The molecule has 2 aliphatic rings. The molecule has 0 saturated heterocycles. The van der Waals surface area contributed by atoms with Gasteiger partial charge in [0.25, 0.3) is 0 Å². The molecule has 0 heterocycles. The molecule has 0 aromatic carbocycles. The third-order valence-corrected chi connectivity index (χ3v) is 2.48. The zero-order chi connectivity index (χ0) is 3.98. The summed E-state index contributed by atoms with van der Waals surface area (Å²) in [6.07, 6.45) is 6.24. The lowest BCUT2D eigenvalue weighted by molar-refractivity contribution is 0.0548. The molecule has 0 amide bonds. The lowest BCUT2D eigenvalue weighted by Gasteiger charge is -2.46. The predicted octanol–water partition coefficient (Wildman–Crippen LogP) is 0.355. The van der Waals surface area contributed by atoms with Crippen molar-refractivity contribution in [2.75, 3.05) is 0 Å². The topological polar surface area (TPSA) is 0 Å². The molecular formula is C6H14Si. The van der Waals surface area contributed by atoms with Gasteiger partial charge in [0, 0.05) is 0 Å². The highest BCUT2D eigenvalue weighted by Gasteiger charge is 2.37. The summed E-state index contributed by atoms with van der Waals surface area (Å²) in [5, 5.41) is 0. The van der Waals surface area contributed by atoms with Crippen molar-refractivity contribution in [2.24, 2.45) is 11.8 Å². The maximum absolute atomic E-state index is 1.56. The monoisotopic (exact) mass is 114 g/mol. The van der Waals surface area contributed by atoms with Gasteiger partial charge in [-0.1, -0.05) is 0 Å². The molecule has 7 heavy (non-hydrogen) atoms. The van der Waals surface area contributed by atoms with Gasteiger partial charge in [0.1, 0.15) is 0 Å². The molecule has 2 fully saturated rings. The van der Waals surface area contributed by atoms with E-state index in [0.717, 1.165) is 0 Å². The fourth-order valence-corrected chi connectivity index (χ4v) is 1.56. The van der Waals surface area contributed by atoms with Crippen molar-refractivity contribution in [3.63, 3.8) is 0 Å². The van der Waals surface area contributed by atoms with E-state index in [-0.39, 0.29) is 11.0 Å². The SMILES string of the molecule is C1CC2CCC12.[SiH4]. The van der Waals surface area contributed by atoms with Gasteiger partial charge in [0.2, 0.25) is 0 Å². The van der Waals surface area contributed by atoms with Crippen molar-refractivity contribution >= 4 is 11.0 Å². The summed E-state index contributed by atoms with van der Waals surface area (Å²) in [5.41, 5.74) is 0. The minimum Gasteiger partial charge on any atom is -0.0499 e. The molecule has 0 aliphatic heterocycles. The van der Waals surface area contributed by atoms with Crippen LogP contribution in [0.2, 0.25) is 0 Å². The van der Waals surface area contributed by atoms with E-state index in [9.17, 15) is 0 Å². The maximum atomic E-state index is 1.56. The van der Waals surface area contributed by atoms with E-state index in [1.54, 1.807) is 25.7 Å². The molecule has 42 valence electrons. The highest BCUT2D eigenvalue weighted by atomic mass is 28.1. The molecular weight excluding hydrogens is 100 g/mol. The Labute approximate surface area is 49.3 Å². The Bertz CT molecular complexity index is 52.6. The summed E-state index contributed by atoms with van der Waals surface area (Å²) in [4.78, 5) is 0. The van der Waals surface area contributed by atoms with Crippen LogP contribution in [0.4, 0.5) is 0 Å². The minimum atomic E-state index is 0. The van der Waals surface area contributed by atoms with Crippen LogP contribution in [-0.2, 0) is 0 Å². The van der Waals surface area contributed by atoms with Crippen LogP contribution in [0.5, 0.6) is 0 Å². The molecule has 0 atom stereocenters. The van der Waals surface area contributed by atoms with Crippen LogP contribution in [0.3, 0.4) is 0 Å². The summed E-state index contributed by atoms with van der Waals surface area (Å²) >= 11 is 0. The Morgan fingerprint density at radius 2 is 1.00 bits per heavy atom. The first-order valence-electron chi connectivity index (χ1n) is 2.97. The molecule has 1 heteroatoms. The molecule has 0 aromatic heterocycles. The molecule has 0 N–H and O–H groups in total. The zero-order valence-electron chi connectivity index (χ0n) is 3.98. The van der Waals surface area contributed by atoms with Gasteiger partial charge in [-0.2, -0.15) is 0 Å². The van der Waals surface area contributed by atoms with Crippen molar-refractivity contribution in [3.05, 3.63) is 0 Å². The summed E-state index contributed by atoms with van der Waals surface area (Å²) in [6, 6.07) is 0. The lowest BCUT2D eigenvalue weighted by atomic mass is 9.60. The van der Waals surface area contributed by atoms with Gasteiger partial charge in [-0.05, 0) is 48.5 Å². The van der Waals surface area contributed by atoms with Crippen LogP contribution in [0.15, 0.2) is 0 Å². The number of fused-ring (bicyclic) bond motifs is 1. The maximum Gasteiger partial charge on any atom is -0.0149 e. The van der Waals surface area contributed by atoms with Gasteiger partial charge in [0.05, 0.1) is 0 Å². The van der Waals surface area contributed by atoms with Gasteiger partial charge < -0.3 is 0 Å². The third-order valence-electron chi connectivity index (χ3n) is 2.48. The van der Waals surface area contributed by atoms with E-state index >= 15 is 0 Å². The Balaban J connectivity index is 0.000000245. The van der Waals surface area contributed by atoms with Crippen molar-refractivity contribution in [2.45, 2.75) is 25.7 Å². The second-order valence-corrected chi connectivity index (χ2v) is 2.67. The smallest absolute Gasteiger partial charge is 0.0149 e. The van der Waals surface area contributed by atoms with E-state index < -0.39 is 0 Å². The minimum absolute atomic E-state index is 0. The summed E-state index contributed by atoms with van der Waals surface area (Å²) in [6.45, 7) is 0. The molecule has 0 spiro atoms. The Morgan fingerprint density at radius 1 is 0.714 bits per heavy atom. The van der Waals surface area contributed by atoms with E-state index in [0.29, 0.717) is 0 Å². The fourth-order valence-electron chi connectivity index (χ4n) is 1.56. The molecule has 0 nitrogen and oxygen atoms in total. The summed E-state index contributed by atoms with van der Waals surface area (Å²) in [7, 11) is 0. The average molecular weight is 114 g/mol. The second-order valence-electron chi connectivity index (χ2n) is 2.67. The molecule has 2 rings (SSSR count). The van der Waals surface area contributed by atoms with Crippen LogP contribution in [-0.4, -0.2) is 11.0 Å². The molecule has 2 saturated carbocycles. The van der Waals surface area contributed by atoms with Crippen LogP contribution >= 0.6 is 0 Å². The van der Waals surface area contributed by atoms with E-state index in [1.165, 1.54) is 11.8 Å². The van der Waals surface area contributed by atoms with E-state index in [2.05, 4.69) is 0 Å². The molecule has 0 radical (unpaired) electrons. The van der Waals surface area contributed by atoms with E-state index in [1.807, 2.05) is 0 Å². The van der Waals surface area contributed by atoms with Crippen LogP contribution in [0, 0.1) is 11.8 Å². The Hall–Kier alpha value is 0.217. The Kier molecular flexibility index (Phi) is 1.24. The summed E-state index contributed by atoms with van der Waals surface area (Å²) < 4.78 is 0. The first-order valence-corrected chi connectivity index (χ1v) is 2.97. The number of hydrogen-bond donors (Lipinski definition) is 0. The average Bonchev–Trinajstić information content (AvgIpc) is 1.54. The molecule has 0 aromatic rings. The highest BCUT2D eigenvalue weighted by molar-refractivity contribution is 5.75. The standard InChI is InChI=1S/C6H10.H4Si/c1-2-6-4-3-5(1)6;/h5-6H,1-4H2;1H4. The van der Waals surface area contributed by atoms with E-state index in [4.69, 9.17) is 0 Å². The fraction of sp³-hybridized carbons (Fsp3) is 1.00. The molecule has 0 unspecified atom stereocenters. The molecule has 0 bridgehead atoms. The predicted molar refractivity (Wildman–Crippen MR) is 36.8 cm³/mol. The van der Waals surface area contributed by atoms with Crippen molar-refractivity contribution < 1.29 is 0 Å². The zero-order valence-corrected chi connectivity index (χ0v) is 3.98. The third kappa shape index (κ3) is 0.547. The summed E-state index contributed by atoms with van der Waals surface area (Å²) in [5.74, 6) is 2.43. The first kappa shape index (κ1) is 5.36. The molecule has 2 aliphatic carbocycles. The van der Waals surface area contributed by atoms with Crippen LogP contribution in [0.1, 0.15) is 25.7 Å².